The molecule has 0 amide bonds. The summed E-state index contributed by atoms with van der Waals surface area (Å²) in [5.74, 6) is -2.07. The van der Waals surface area contributed by atoms with Gasteiger partial charge >= 0.3 is 11.9 Å². The van der Waals surface area contributed by atoms with Crippen LogP contribution in [0.1, 0.15) is 26.3 Å². The molecule has 3 aromatic rings. The fourth-order valence-corrected chi connectivity index (χ4v) is 3.44. The molecule has 6 radical (unpaired) electrons. The lowest BCUT2D eigenvalue weighted by Gasteiger charge is -2.14. The lowest BCUT2D eigenvalue weighted by atomic mass is 9.77. The van der Waals surface area contributed by atoms with Gasteiger partial charge in [0.2, 0.25) is 0 Å². The summed E-state index contributed by atoms with van der Waals surface area (Å²) >= 11 is 0. The first kappa shape index (κ1) is 23.6. The van der Waals surface area contributed by atoms with E-state index in [0.29, 0.717) is 16.3 Å². The highest BCUT2D eigenvalue weighted by Crippen LogP contribution is 2.29. The number of carbonyl (C=O) groups excluding carboxylic acids is 2. The summed E-state index contributed by atoms with van der Waals surface area (Å²) in [5, 5.41) is 0.858. The Morgan fingerprint density at radius 2 is 1.62 bits per heavy atom. The number of carbonyl (C=O) groups is 2. The van der Waals surface area contributed by atoms with Gasteiger partial charge in [-0.2, -0.15) is 8.42 Å². The second kappa shape index (κ2) is 9.62. The Labute approximate surface area is 189 Å². The standard InChI is InChI=1S/C21H15B3O7S/c22-11-17-16(9-12(23)10-18(17)24)21(26)31-19-6-2-3-13-14(19)4-1-5-15(13)20(25)30-7-8-32(27,28)29/h1-6,9-10H,7-8,11H2,(H,27,28,29). The predicted octanol–water partition coefficient (Wildman–Crippen LogP) is 0.360. The van der Waals surface area contributed by atoms with E-state index >= 15 is 0 Å². The van der Waals surface area contributed by atoms with Gasteiger partial charge in [-0.3, -0.25) is 4.55 Å². The molecule has 0 aliphatic heterocycles. The molecule has 1 N–H and O–H groups in total. The second-order valence-corrected chi connectivity index (χ2v) is 8.38. The molecule has 0 aromatic heterocycles. The first-order valence-electron chi connectivity index (χ1n) is 9.35. The summed E-state index contributed by atoms with van der Waals surface area (Å²) in [6.07, 6.45) is 0.00559. The van der Waals surface area contributed by atoms with Gasteiger partial charge in [0, 0.05) is 5.39 Å². The largest absolute Gasteiger partial charge is 0.461 e. The fraction of sp³-hybridized carbons (Fsp3) is 0.143. The van der Waals surface area contributed by atoms with Crippen molar-refractivity contribution in [2.45, 2.75) is 6.32 Å². The van der Waals surface area contributed by atoms with Crippen LogP contribution in [0, 0.1) is 0 Å². The minimum absolute atomic E-state index is 0.00559. The van der Waals surface area contributed by atoms with E-state index in [4.69, 9.17) is 37.6 Å². The van der Waals surface area contributed by atoms with Crippen molar-refractivity contribution in [3.05, 3.63) is 65.2 Å². The minimum Gasteiger partial charge on any atom is -0.461 e. The van der Waals surface area contributed by atoms with E-state index in [2.05, 4.69) is 0 Å². The topological polar surface area (TPSA) is 107 Å². The van der Waals surface area contributed by atoms with Crippen LogP contribution in [0.4, 0.5) is 0 Å². The Bertz CT molecular complexity index is 1310. The highest BCUT2D eigenvalue weighted by molar-refractivity contribution is 7.85. The molecule has 11 heteroatoms. The smallest absolute Gasteiger partial charge is 0.343 e. The van der Waals surface area contributed by atoms with Crippen molar-refractivity contribution in [3.63, 3.8) is 0 Å². The van der Waals surface area contributed by atoms with Crippen LogP contribution in [0.15, 0.2) is 48.5 Å². The van der Waals surface area contributed by atoms with Gasteiger partial charge in [-0.15, -0.1) is 0 Å². The first-order valence-corrected chi connectivity index (χ1v) is 11.0. The van der Waals surface area contributed by atoms with Gasteiger partial charge < -0.3 is 9.47 Å². The van der Waals surface area contributed by atoms with Crippen LogP contribution in [0.5, 0.6) is 5.75 Å². The lowest BCUT2D eigenvalue weighted by molar-refractivity contribution is 0.0530. The molecule has 0 spiro atoms. The van der Waals surface area contributed by atoms with Crippen LogP contribution in [0.25, 0.3) is 10.8 Å². The van der Waals surface area contributed by atoms with Crippen LogP contribution < -0.4 is 15.7 Å². The van der Waals surface area contributed by atoms with Crippen LogP contribution in [-0.2, 0) is 21.2 Å². The summed E-state index contributed by atoms with van der Waals surface area (Å²) in [6, 6.07) is 12.3. The molecule has 0 bridgehead atoms. The molecule has 0 unspecified atom stereocenters. The molecule has 156 valence electrons. The summed E-state index contributed by atoms with van der Waals surface area (Å²) in [4.78, 5) is 25.2. The molecular weight excluding hydrogens is 429 g/mol. The maximum atomic E-state index is 12.8. The lowest BCUT2D eigenvalue weighted by Crippen LogP contribution is -2.25. The van der Waals surface area contributed by atoms with Crippen molar-refractivity contribution in [2.24, 2.45) is 0 Å². The average Bonchev–Trinajstić information content (AvgIpc) is 2.72. The monoisotopic (exact) mass is 444 g/mol. The van der Waals surface area contributed by atoms with Crippen LogP contribution in [0.3, 0.4) is 0 Å². The van der Waals surface area contributed by atoms with Crippen LogP contribution in [-0.4, -0.2) is 60.8 Å². The van der Waals surface area contributed by atoms with Crippen molar-refractivity contribution >= 4 is 67.3 Å². The number of fused-ring (bicyclic) bond motifs is 1. The third-order valence-electron chi connectivity index (χ3n) is 4.61. The zero-order valence-corrected chi connectivity index (χ0v) is 17.6. The molecule has 0 atom stereocenters. The normalized spacial score (nSPS) is 11.3. The highest BCUT2D eigenvalue weighted by atomic mass is 32.2. The number of hydrogen-bond donors (Lipinski definition) is 1. The Morgan fingerprint density at radius 3 is 2.31 bits per heavy atom. The van der Waals surface area contributed by atoms with Gasteiger partial charge in [-0.1, -0.05) is 53.6 Å². The number of rotatable bonds is 7. The number of hydrogen-bond acceptors (Lipinski definition) is 6. The van der Waals surface area contributed by atoms with E-state index in [1.807, 2.05) is 0 Å². The molecule has 0 aliphatic rings. The Hall–Kier alpha value is -3.04. The SMILES string of the molecule is [B]Cc1c([B])cc([B])cc1C(=O)Oc1cccc2c(C(=O)OCCS(=O)(=O)O)cccc12. The molecule has 3 aromatic carbocycles. The minimum atomic E-state index is -4.26. The summed E-state index contributed by atoms with van der Waals surface area (Å²) in [5.41, 5.74) is 1.20. The Balaban J connectivity index is 1.92. The van der Waals surface area contributed by atoms with Gasteiger partial charge in [0.05, 0.1) is 19.0 Å². The van der Waals surface area contributed by atoms with Crippen LogP contribution >= 0.6 is 0 Å². The highest BCUT2D eigenvalue weighted by Gasteiger charge is 2.18. The van der Waals surface area contributed by atoms with Crippen molar-refractivity contribution < 1.29 is 32.0 Å². The zero-order valence-electron chi connectivity index (χ0n) is 16.8. The first-order chi connectivity index (χ1) is 15.1. The molecule has 0 fully saturated rings. The quantitative estimate of drug-likeness (QED) is 0.243. The van der Waals surface area contributed by atoms with Crippen molar-refractivity contribution in [1.82, 2.24) is 0 Å². The zero-order chi connectivity index (χ0) is 23.5. The molecular formula is C21H15B3O7S. The van der Waals surface area contributed by atoms with E-state index in [9.17, 15) is 18.0 Å². The van der Waals surface area contributed by atoms with E-state index in [-0.39, 0.29) is 34.1 Å². The maximum Gasteiger partial charge on any atom is 0.343 e. The van der Waals surface area contributed by atoms with Crippen molar-refractivity contribution in [1.29, 1.82) is 0 Å². The summed E-state index contributed by atoms with van der Waals surface area (Å²) in [6.45, 7) is -0.512. The van der Waals surface area contributed by atoms with E-state index in [1.54, 1.807) is 30.3 Å². The molecule has 3 rings (SSSR count). The Morgan fingerprint density at radius 1 is 0.938 bits per heavy atom. The van der Waals surface area contributed by atoms with Gasteiger partial charge in [-0.05, 0) is 23.1 Å². The molecule has 0 aliphatic carbocycles. The van der Waals surface area contributed by atoms with E-state index < -0.39 is 34.4 Å². The molecule has 32 heavy (non-hydrogen) atoms. The van der Waals surface area contributed by atoms with Gasteiger partial charge in [-0.25, -0.2) is 9.59 Å². The average molecular weight is 444 g/mol. The number of ether oxygens (including phenoxy) is 2. The third-order valence-corrected chi connectivity index (χ3v) is 5.29. The number of esters is 2. The summed E-state index contributed by atoms with van der Waals surface area (Å²) in [7, 11) is 13.1. The third kappa shape index (κ3) is 5.41. The van der Waals surface area contributed by atoms with Gasteiger partial charge in [0.1, 0.15) is 33.8 Å². The van der Waals surface area contributed by atoms with E-state index in [0.717, 1.165) is 0 Å². The maximum absolute atomic E-state index is 12.8. The summed E-state index contributed by atoms with van der Waals surface area (Å²) < 4.78 is 40.9. The van der Waals surface area contributed by atoms with Gasteiger partial charge in [0.25, 0.3) is 10.1 Å². The fourth-order valence-electron chi connectivity index (χ4n) is 3.15. The Kier molecular flexibility index (Phi) is 7.10. The molecule has 0 saturated heterocycles. The van der Waals surface area contributed by atoms with Crippen LogP contribution in [0.2, 0.25) is 0 Å². The molecule has 0 heterocycles. The van der Waals surface area contributed by atoms with Crippen molar-refractivity contribution in [3.8, 4) is 5.75 Å². The molecule has 0 saturated carbocycles. The number of benzene rings is 3. The second-order valence-electron chi connectivity index (χ2n) is 6.81. The molecule has 7 nitrogen and oxygen atoms in total. The van der Waals surface area contributed by atoms with E-state index in [1.165, 1.54) is 18.2 Å². The van der Waals surface area contributed by atoms with Gasteiger partial charge in [0.15, 0.2) is 0 Å². The predicted molar refractivity (Wildman–Crippen MR) is 122 cm³/mol. The van der Waals surface area contributed by atoms with Crippen molar-refractivity contribution in [2.75, 3.05) is 12.4 Å².